The fraction of sp³-hybridized carbons (Fsp3) is 0.414. The van der Waals surface area contributed by atoms with Gasteiger partial charge in [-0.25, -0.2) is 14.8 Å². The third-order valence-corrected chi connectivity index (χ3v) is 8.63. The van der Waals surface area contributed by atoms with E-state index in [9.17, 15) is 24.6 Å². The minimum Gasteiger partial charge on any atom is -0.438 e. The molecule has 4 heterocycles. The normalized spacial score (nSPS) is 27.4. The van der Waals surface area contributed by atoms with Gasteiger partial charge >= 0.3 is 6.09 Å². The Kier molecular flexibility index (Phi) is 7.18. The van der Waals surface area contributed by atoms with Gasteiger partial charge in [-0.1, -0.05) is 60.7 Å². The van der Waals surface area contributed by atoms with E-state index in [1.165, 1.54) is 4.90 Å². The van der Waals surface area contributed by atoms with Gasteiger partial charge in [0.2, 0.25) is 17.6 Å². The number of carbonyl (C=O) groups is 3. The van der Waals surface area contributed by atoms with E-state index in [0.29, 0.717) is 6.42 Å². The van der Waals surface area contributed by atoms with Crippen LogP contribution in [0.4, 0.5) is 4.79 Å². The van der Waals surface area contributed by atoms with Gasteiger partial charge in [-0.15, -0.1) is 0 Å². The van der Waals surface area contributed by atoms with Gasteiger partial charge in [0.1, 0.15) is 6.04 Å². The largest absolute Gasteiger partial charge is 0.438 e. The van der Waals surface area contributed by atoms with Gasteiger partial charge in [-0.3, -0.25) is 14.5 Å². The van der Waals surface area contributed by atoms with Gasteiger partial charge in [0.15, 0.2) is 23.7 Å². The molecule has 0 bridgehead atoms. The van der Waals surface area contributed by atoms with Crippen LogP contribution in [0.1, 0.15) is 36.3 Å². The van der Waals surface area contributed by atoms with E-state index in [4.69, 9.17) is 16.2 Å². The Morgan fingerprint density at radius 3 is 2.23 bits per heavy atom. The Labute approximate surface area is 247 Å². The molecule has 226 valence electrons. The number of amides is 3. The van der Waals surface area contributed by atoms with Crippen LogP contribution in [-0.4, -0.2) is 99.1 Å². The quantitative estimate of drug-likeness (QED) is 0.165. The SMILES string of the molecule is NC1=N[C@H]2C(CN3C(=O)CCC3=O)N=C(N)N3CC(OC(=O)NCCC(c4ccccc4)c4ccccc4)C(O)(O)[C@]23N1. The first kappa shape index (κ1) is 28.4. The maximum absolute atomic E-state index is 13.0. The monoisotopic (exact) mass is 590 g/mol. The van der Waals surface area contributed by atoms with E-state index in [-0.39, 0.29) is 62.1 Å². The number of carbonyl (C=O) groups excluding carboxylic acids is 3. The smallest absolute Gasteiger partial charge is 0.407 e. The lowest BCUT2D eigenvalue weighted by Crippen LogP contribution is -2.77. The summed E-state index contributed by atoms with van der Waals surface area (Å²) in [6, 6.07) is 17.9. The van der Waals surface area contributed by atoms with Crippen LogP contribution in [0.15, 0.2) is 70.6 Å². The second-order valence-corrected chi connectivity index (χ2v) is 11.1. The number of ether oxygens (including phenoxy) is 1. The number of hydrogen-bond acceptors (Lipinski definition) is 12. The minimum atomic E-state index is -2.74. The fourth-order valence-corrected chi connectivity index (χ4v) is 6.57. The van der Waals surface area contributed by atoms with E-state index in [2.05, 4.69) is 20.6 Å². The van der Waals surface area contributed by atoms with Crippen molar-refractivity contribution >= 4 is 29.8 Å². The zero-order chi connectivity index (χ0) is 30.4. The number of benzene rings is 2. The molecule has 2 aromatic carbocycles. The molecule has 4 aliphatic rings. The molecule has 4 aliphatic heterocycles. The first-order chi connectivity index (χ1) is 20.6. The summed E-state index contributed by atoms with van der Waals surface area (Å²) < 4.78 is 5.55. The highest BCUT2D eigenvalue weighted by Crippen LogP contribution is 2.46. The first-order valence-corrected chi connectivity index (χ1v) is 14.2. The van der Waals surface area contributed by atoms with Crippen molar-refractivity contribution in [2.75, 3.05) is 19.6 Å². The summed E-state index contributed by atoms with van der Waals surface area (Å²) in [5.41, 5.74) is 12.6. The van der Waals surface area contributed by atoms with E-state index < -0.39 is 35.7 Å². The van der Waals surface area contributed by atoms with Crippen LogP contribution >= 0.6 is 0 Å². The number of hydrogen-bond donors (Lipinski definition) is 6. The molecule has 1 spiro atoms. The summed E-state index contributed by atoms with van der Waals surface area (Å²) in [5.74, 6) is -3.66. The van der Waals surface area contributed by atoms with Gasteiger partial charge in [-0.2, -0.15) is 0 Å². The maximum Gasteiger partial charge on any atom is 0.407 e. The molecule has 2 unspecified atom stereocenters. The van der Waals surface area contributed by atoms with Crippen molar-refractivity contribution in [1.29, 1.82) is 0 Å². The molecule has 2 fully saturated rings. The van der Waals surface area contributed by atoms with Gasteiger partial charge in [0, 0.05) is 25.3 Å². The summed E-state index contributed by atoms with van der Waals surface area (Å²) in [5, 5.41) is 28.6. The number of aliphatic hydroxyl groups is 2. The van der Waals surface area contributed by atoms with E-state index in [1.807, 2.05) is 60.7 Å². The summed E-state index contributed by atoms with van der Waals surface area (Å²) in [6.45, 7) is -0.143. The standard InChI is InChI=1S/C29H34N8O6/c30-25-34-24-20(15-36-22(38)11-12-23(36)39)33-26(31)37-16-21(29(41,42)28(24,37)35-25)43-27(40)32-14-13-19(17-7-3-1-4-8-17)18-9-5-2-6-10-18/h1-10,19-21,24,41-42H,11-16H2,(H2,31,33)(H,32,40)(H3,30,34,35)/t20?,21?,24-,28-/m0/s1. The Bertz CT molecular complexity index is 1410. The number of alkyl carbamates (subject to hydrolysis) is 1. The van der Waals surface area contributed by atoms with Gasteiger partial charge < -0.3 is 42.0 Å². The third-order valence-electron chi connectivity index (χ3n) is 8.63. The highest BCUT2D eigenvalue weighted by Gasteiger charge is 2.74. The number of nitrogens with zero attached hydrogens (tertiary/aromatic N) is 4. The van der Waals surface area contributed by atoms with Crippen LogP contribution in [0.5, 0.6) is 0 Å². The van der Waals surface area contributed by atoms with Crippen molar-refractivity contribution in [2.24, 2.45) is 21.5 Å². The lowest BCUT2D eigenvalue weighted by molar-refractivity contribution is -0.256. The highest BCUT2D eigenvalue weighted by molar-refractivity contribution is 6.02. The number of likely N-dealkylation sites (tertiary alicyclic amines) is 1. The summed E-state index contributed by atoms with van der Waals surface area (Å²) in [7, 11) is 0. The van der Waals surface area contributed by atoms with Crippen molar-refractivity contribution in [2.45, 2.75) is 54.8 Å². The summed E-state index contributed by atoms with van der Waals surface area (Å²) in [6.07, 6.45) is -1.59. The van der Waals surface area contributed by atoms with Crippen molar-refractivity contribution in [3.8, 4) is 0 Å². The summed E-state index contributed by atoms with van der Waals surface area (Å²) >= 11 is 0. The molecule has 3 amide bonds. The molecular formula is C29H34N8O6. The van der Waals surface area contributed by atoms with Crippen LogP contribution < -0.4 is 22.1 Å². The zero-order valence-electron chi connectivity index (χ0n) is 23.3. The van der Waals surface area contributed by atoms with Crippen LogP contribution in [0, 0.1) is 0 Å². The Morgan fingerprint density at radius 2 is 1.63 bits per heavy atom. The van der Waals surface area contributed by atoms with E-state index in [1.54, 1.807) is 0 Å². The Balaban J connectivity index is 1.16. The lowest BCUT2D eigenvalue weighted by atomic mass is 9.85. The number of nitrogens with two attached hydrogens (primary N) is 2. The molecule has 6 rings (SSSR count). The van der Waals surface area contributed by atoms with Crippen LogP contribution in [-0.2, 0) is 14.3 Å². The van der Waals surface area contributed by atoms with Gasteiger partial charge in [0.25, 0.3) is 0 Å². The van der Waals surface area contributed by atoms with Crippen LogP contribution in [0.2, 0.25) is 0 Å². The molecule has 0 aromatic heterocycles. The fourth-order valence-electron chi connectivity index (χ4n) is 6.57. The van der Waals surface area contributed by atoms with Crippen LogP contribution in [0.25, 0.3) is 0 Å². The number of aliphatic imine (C=N–C) groups is 2. The third kappa shape index (κ3) is 4.81. The Morgan fingerprint density at radius 1 is 1.02 bits per heavy atom. The Hall–Kier alpha value is -4.69. The average Bonchev–Trinajstić information content (AvgIpc) is 3.59. The van der Waals surface area contributed by atoms with Crippen molar-refractivity contribution in [3.05, 3.63) is 71.8 Å². The van der Waals surface area contributed by atoms with Crippen LogP contribution in [0.3, 0.4) is 0 Å². The van der Waals surface area contributed by atoms with E-state index in [0.717, 1.165) is 16.0 Å². The topological polar surface area (TPSA) is 208 Å². The number of rotatable bonds is 8. The molecule has 14 heteroatoms. The predicted molar refractivity (Wildman–Crippen MR) is 154 cm³/mol. The number of nitrogens with one attached hydrogen (secondary N) is 2. The lowest BCUT2D eigenvalue weighted by Gasteiger charge is -2.48. The molecule has 43 heavy (non-hydrogen) atoms. The number of imide groups is 1. The molecule has 2 saturated heterocycles. The second kappa shape index (κ2) is 10.9. The highest BCUT2D eigenvalue weighted by atomic mass is 16.6. The number of guanidine groups is 2. The maximum atomic E-state index is 13.0. The van der Waals surface area contributed by atoms with Gasteiger partial charge in [0.05, 0.1) is 19.1 Å². The molecule has 14 nitrogen and oxygen atoms in total. The molecule has 0 aliphatic carbocycles. The zero-order valence-corrected chi connectivity index (χ0v) is 23.3. The molecule has 4 atom stereocenters. The van der Waals surface area contributed by atoms with E-state index >= 15 is 0 Å². The summed E-state index contributed by atoms with van der Waals surface area (Å²) in [4.78, 5) is 48.7. The van der Waals surface area contributed by atoms with Crippen molar-refractivity contribution < 1.29 is 29.3 Å². The van der Waals surface area contributed by atoms with Crippen molar-refractivity contribution in [1.82, 2.24) is 20.4 Å². The average molecular weight is 591 g/mol. The first-order valence-electron chi connectivity index (χ1n) is 14.2. The molecular weight excluding hydrogens is 556 g/mol. The molecule has 8 N–H and O–H groups in total. The van der Waals surface area contributed by atoms with Crippen molar-refractivity contribution in [3.63, 3.8) is 0 Å². The predicted octanol–water partition coefficient (Wildman–Crippen LogP) is -0.871. The minimum absolute atomic E-state index is 0.0164. The second-order valence-electron chi connectivity index (χ2n) is 11.1. The molecule has 0 saturated carbocycles. The molecule has 2 aromatic rings. The van der Waals surface area contributed by atoms with Gasteiger partial charge in [-0.05, 0) is 17.5 Å². The molecule has 0 radical (unpaired) electrons.